The standard InChI is InChI=1S/C21H31ClN4O5S/c1-5-13-32(30,31)20-23-18-17(26(20)14-16(6-2)10-9-15(4)22)19(28)25(11-8-12-27)21(29)24(18)7-3/h9-10,27H,5-8,11-14H2,1-4H3/b15-9+,16-10+. The zero-order valence-corrected chi connectivity index (χ0v) is 20.5. The minimum Gasteiger partial charge on any atom is -0.396 e. The van der Waals surface area contributed by atoms with Crippen LogP contribution in [0.1, 0.15) is 47.0 Å². The Balaban J connectivity index is 2.97. The number of imidazole rings is 1. The van der Waals surface area contributed by atoms with Crippen molar-refractivity contribution in [2.24, 2.45) is 0 Å². The van der Waals surface area contributed by atoms with Crippen molar-refractivity contribution in [3.8, 4) is 0 Å². The molecule has 0 aliphatic heterocycles. The van der Waals surface area contributed by atoms with Crippen LogP contribution in [0.5, 0.6) is 0 Å². The van der Waals surface area contributed by atoms with Crippen LogP contribution in [0.3, 0.4) is 0 Å². The van der Waals surface area contributed by atoms with Gasteiger partial charge in [-0.3, -0.25) is 13.9 Å². The van der Waals surface area contributed by atoms with Gasteiger partial charge in [0.05, 0.1) is 5.75 Å². The fourth-order valence-corrected chi connectivity index (χ4v) is 4.94. The summed E-state index contributed by atoms with van der Waals surface area (Å²) in [4.78, 5) is 30.5. The summed E-state index contributed by atoms with van der Waals surface area (Å²) >= 11 is 5.94. The first-order chi connectivity index (χ1) is 15.1. The summed E-state index contributed by atoms with van der Waals surface area (Å²) in [5.74, 6) is -0.128. The summed E-state index contributed by atoms with van der Waals surface area (Å²) in [5.41, 5.74) is -0.239. The second-order valence-corrected chi connectivity index (χ2v) is 10.1. The Bertz CT molecular complexity index is 1250. The maximum Gasteiger partial charge on any atom is 0.332 e. The van der Waals surface area contributed by atoms with E-state index in [9.17, 15) is 23.1 Å². The number of fused-ring (bicyclic) bond motifs is 1. The van der Waals surface area contributed by atoms with Gasteiger partial charge in [-0.15, -0.1) is 0 Å². The molecule has 2 aromatic rings. The number of hydrogen-bond acceptors (Lipinski definition) is 6. The van der Waals surface area contributed by atoms with Gasteiger partial charge < -0.3 is 9.67 Å². The molecular formula is C21H31ClN4O5S. The number of aliphatic hydroxyl groups excluding tert-OH is 1. The molecule has 0 radical (unpaired) electrons. The van der Waals surface area contributed by atoms with Crippen LogP contribution in [0.4, 0.5) is 0 Å². The third-order valence-electron chi connectivity index (χ3n) is 5.05. The van der Waals surface area contributed by atoms with Crippen molar-refractivity contribution >= 4 is 32.6 Å². The summed E-state index contributed by atoms with van der Waals surface area (Å²) < 4.78 is 29.8. The quantitative estimate of drug-likeness (QED) is 0.487. The normalized spacial score (nSPS) is 13.3. The van der Waals surface area contributed by atoms with Crippen LogP contribution in [0.25, 0.3) is 11.2 Å². The number of aromatic nitrogens is 4. The van der Waals surface area contributed by atoms with Gasteiger partial charge in [0.1, 0.15) is 0 Å². The van der Waals surface area contributed by atoms with Crippen LogP contribution in [-0.2, 0) is 29.5 Å². The lowest BCUT2D eigenvalue weighted by molar-refractivity contribution is 0.277. The van der Waals surface area contributed by atoms with Crippen LogP contribution in [-0.4, -0.2) is 44.6 Å². The molecule has 32 heavy (non-hydrogen) atoms. The lowest BCUT2D eigenvalue weighted by atomic mass is 10.2. The molecule has 2 aromatic heterocycles. The van der Waals surface area contributed by atoms with Crippen molar-refractivity contribution in [3.05, 3.63) is 43.6 Å². The molecule has 2 heterocycles. The number of allylic oxidation sites excluding steroid dienone is 4. The van der Waals surface area contributed by atoms with E-state index >= 15 is 0 Å². The monoisotopic (exact) mass is 486 g/mol. The smallest absolute Gasteiger partial charge is 0.332 e. The maximum absolute atomic E-state index is 13.3. The first-order valence-corrected chi connectivity index (χ1v) is 12.7. The Morgan fingerprint density at radius 2 is 1.81 bits per heavy atom. The molecule has 0 fully saturated rings. The van der Waals surface area contributed by atoms with Crippen molar-refractivity contribution in [3.63, 3.8) is 0 Å². The lowest BCUT2D eigenvalue weighted by Gasteiger charge is -2.13. The molecule has 2 rings (SSSR count). The van der Waals surface area contributed by atoms with E-state index in [-0.39, 0.29) is 54.7 Å². The molecule has 0 amide bonds. The Morgan fingerprint density at radius 3 is 2.34 bits per heavy atom. The summed E-state index contributed by atoms with van der Waals surface area (Å²) in [7, 11) is -3.79. The van der Waals surface area contributed by atoms with E-state index in [0.29, 0.717) is 17.9 Å². The number of halogens is 1. The summed E-state index contributed by atoms with van der Waals surface area (Å²) in [5, 5.41) is 9.53. The van der Waals surface area contributed by atoms with Crippen molar-refractivity contribution < 1.29 is 13.5 Å². The largest absolute Gasteiger partial charge is 0.396 e. The summed E-state index contributed by atoms with van der Waals surface area (Å²) in [6, 6.07) is 0. The Labute approximate surface area is 192 Å². The molecule has 1 N–H and O–H groups in total. The Hall–Kier alpha value is -2.17. The first-order valence-electron chi connectivity index (χ1n) is 10.7. The van der Waals surface area contributed by atoms with Crippen LogP contribution in [0.15, 0.2) is 37.5 Å². The zero-order valence-electron chi connectivity index (χ0n) is 19.0. The molecule has 0 bridgehead atoms. The van der Waals surface area contributed by atoms with E-state index < -0.39 is 21.1 Å². The molecular weight excluding hydrogens is 456 g/mol. The van der Waals surface area contributed by atoms with Gasteiger partial charge in [-0.1, -0.05) is 37.1 Å². The van der Waals surface area contributed by atoms with Crippen molar-refractivity contribution in [1.29, 1.82) is 0 Å². The fraction of sp³-hybridized carbons (Fsp3) is 0.571. The maximum atomic E-state index is 13.3. The molecule has 11 heteroatoms. The minimum atomic E-state index is -3.79. The number of rotatable bonds is 11. The molecule has 0 aliphatic rings. The van der Waals surface area contributed by atoms with Crippen LogP contribution < -0.4 is 11.2 Å². The van der Waals surface area contributed by atoms with Gasteiger partial charge in [0.25, 0.3) is 5.56 Å². The molecule has 0 spiro atoms. The predicted octanol–water partition coefficient (Wildman–Crippen LogP) is 2.42. The van der Waals surface area contributed by atoms with Gasteiger partial charge in [-0.05, 0) is 39.2 Å². The molecule has 0 saturated heterocycles. The van der Waals surface area contributed by atoms with Gasteiger partial charge in [0, 0.05) is 31.3 Å². The van der Waals surface area contributed by atoms with E-state index in [1.807, 2.05) is 6.92 Å². The van der Waals surface area contributed by atoms with Crippen molar-refractivity contribution in [2.45, 2.75) is 71.7 Å². The minimum absolute atomic E-state index is 0.0248. The van der Waals surface area contributed by atoms with Gasteiger partial charge in [0.2, 0.25) is 15.0 Å². The molecule has 9 nitrogen and oxygen atoms in total. The molecule has 0 aliphatic carbocycles. The Kier molecular flexibility index (Phi) is 9.06. The predicted molar refractivity (Wildman–Crippen MR) is 126 cm³/mol. The number of nitrogens with zero attached hydrogens (tertiary/aromatic N) is 4. The van der Waals surface area contributed by atoms with Gasteiger partial charge in [-0.2, -0.15) is 4.98 Å². The second kappa shape index (κ2) is 11.1. The zero-order chi connectivity index (χ0) is 24.1. The Morgan fingerprint density at radius 1 is 1.12 bits per heavy atom. The molecule has 178 valence electrons. The SMILES string of the molecule is CCCS(=O)(=O)c1nc2c(c(=O)n(CCCO)c(=O)n2CC)n1C/C(=C/C=C(\C)Cl)CC. The average Bonchev–Trinajstić information content (AvgIpc) is 3.11. The molecule has 0 atom stereocenters. The third kappa shape index (κ3) is 5.41. The third-order valence-corrected chi connectivity index (χ3v) is 6.99. The lowest BCUT2D eigenvalue weighted by Crippen LogP contribution is -2.40. The van der Waals surface area contributed by atoms with Crippen molar-refractivity contribution in [2.75, 3.05) is 12.4 Å². The van der Waals surface area contributed by atoms with Gasteiger partial charge in [0.15, 0.2) is 11.2 Å². The molecule has 0 unspecified atom stereocenters. The van der Waals surface area contributed by atoms with E-state index in [0.717, 1.165) is 10.1 Å². The van der Waals surface area contributed by atoms with Crippen LogP contribution >= 0.6 is 11.6 Å². The molecule has 0 aromatic carbocycles. The first kappa shape index (κ1) is 26.1. The van der Waals surface area contributed by atoms with E-state index in [1.165, 1.54) is 9.13 Å². The number of aliphatic hydroxyl groups is 1. The highest BCUT2D eigenvalue weighted by Gasteiger charge is 2.28. The van der Waals surface area contributed by atoms with E-state index in [4.69, 9.17) is 11.6 Å². The highest BCUT2D eigenvalue weighted by atomic mass is 35.5. The summed E-state index contributed by atoms with van der Waals surface area (Å²) in [6.07, 6.45) is 4.71. The number of hydrogen-bond donors (Lipinski definition) is 1. The van der Waals surface area contributed by atoms with Crippen molar-refractivity contribution in [1.82, 2.24) is 18.7 Å². The fourth-order valence-electron chi connectivity index (χ4n) is 3.44. The van der Waals surface area contributed by atoms with E-state index in [1.54, 1.807) is 32.9 Å². The molecule has 0 saturated carbocycles. The number of sulfone groups is 1. The van der Waals surface area contributed by atoms with E-state index in [2.05, 4.69) is 4.98 Å². The van der Waals surface area contributed by atoms with Gasteiger partial charge >= 0.3 is 5.69 Å². The summed E-state index contributed by atoms with van der Waals surface area (Å²) in [6.45, 7) is 7.30. The second-order valence-electron chi connectivity index (χ2n) is 7.46. The highest BCUT2D eigenvalue weighted by Crippen LogP contribution is 2.21. The topological polar surface area (TPSA) is 116 Å². The number of aryl methyl sites for hydroxylation is 1. The van der Waals surface area contributed by atoms with Crippen LogP contribution in [0, 0.1) is 0 Å². The van der Waals surface area contributed by atoms with Crippen LogP contribution in [0.2, 0.25) is 0 Å². The average molecular weight is 487 g/mol. The van der Waals surface area contributed by atoms with Gasteiger partial charge in [-0.25, -0.2) is 13.2 Å². The highest BCUT2D eigenvalue weighted by molar-refractivity contribution is 7.91.